The normalized spacial score (nSPS) is 35.2. The fourth-order valence-corrected chi connectivity index (χ4v) is 6.19. The lowest BCUT2D eigenvalue weighted by Crippen LogP contribution is -2.65. The highest BCUT2D eigenvalue weighted by Crippen LogP contribution is 2.34. The fraction of sp³-hybridized carbons (Fsp3) is 0.583. The standard InChI is InChI=1S/C36H48O19/c1-17-26(41)27(42)28(43)34(52-17)55-31-29(44)33(49-11-10-19-5-8-22(47-2)21(39)12-19)53-24(14-50-35-32(45)36(46,15-37)16-51-35)30(31)54-25(40)9-6-18-4-7-20(38)23(13-18)48-3/h4-9,12-13,17,24,26-35,37-39,41-46H,10-11,14-16H2,1-3H3/b9-6+/t17-,24+,26-,27+,28+,29+,30+,31+,32+,33+,34-,35-,36+/m1/s1. The average molecular weight is 785 g/mol. The van der Waals surface area contributed by atoms with Crippen molar-refractivity contribution in [3.63, 3.8) is 0 Å². The predicted molar refractivity (Wildman–Crippen MR) is 184 cm³/mol. The number of rotatable bonds is 15. The summed E-state index contributed by atoms with van der Waals surface area (Å²) in [6, 6.07) is 9.00. The third kappa shape index (κ3) is 9.84. The Bertz CT molecular complexity index is 1610. The minimum absolute atomic E-state index is 0.102. The summed E-state index contributed by atoms with van der Waals surface area (Å²) in [7, 11) is 2.75. The maximum Gasteiger partial charge on any atom is 0.331 e. The number of carbonyl (C=O) groups excluding carboxylic acids is 1. The molecule has 0 aliphatic carbocycles. The van der Waals surface area contributed by atoms with E-state index < -0.39 is 105 Å². The molecule has 0 unspecified atom stereocenters. The van der Waals surface area contributed by atoms with Crippen LogP contribution in [0.1, 0.15) is 18.1 Å². The average Bonchev–Trinajstić information content (AvgIpc) is 3.46. The Morgan fingerprint density at radius 2 is 1.60 bits per heavy atom. The Balaban J connectivity index is 1.42. The summed E-state index contributed by atoms with van der Waals surface area (Å²) in [5.41, 5.74) is -0.974. The second kappa shape index (κ2) is 18.5. The molecule has 5 rings (SSSR count). The van der Waals surface area contributed by atoms with Crippen LogP contribution in [0.5, 0.6) is 23.0 Å². The highest BCUT2D eigenvalue weighted by atomic mass is 16.8. The van der Waals surface area contributed by atoms with Crippen molar-refractivity contribution in [1.29, 1.82) is 0 Å². The van der Waals surface area contributed by atoms with Gasteiger partial charge in [-0.1, -0.05) is 12.1 Å². The van der Waals surface area contributed by atoms with Crippen LogP contribution in [-0.2, 0) is 44.4 Å². The number of hydrogen-bond acceptors (Lipinski definition) is 19. The Morgan fingerprint density at radius 1 is 0.855 bits per heavy atom. The lowest BCUT2D eigenvalue weighted by molar-refractivity contribution is -0.360. The summed E-state index contributed by atoms with van der Waals surface area (Å²) in [6.45, 7) is -0.579. The summed E-state index contributed by atoms with van der Waals surface area (Å²) in [6.07, 6.45) is -16.4. The molecule has 3 aliphatic rings. The van der Waals surface area contributed by atoms with Crippen LogP contribution >= 0.6 is 0 Å². The molecule has 0 amide bonds. The number of benzene rings is 2. The molecule has 19 heteroatoms. The second-order valence-electron chi connectivity index (χ2n) is 13.3. The van der Waals surface area contributed by atoms with Crippen LogP contribution < -0.4 is 9.47 Å². The van der Waals surface area contributed by atoms with E-state index in [2.05, 4.69) is 0 Å². The molecule has 0 saturated carbocycles. The maximum atomic E-state index is 13.4. The topological polar surface area (TPSA) is 282 Å². The lowest BCUT2D eigenvalue weighted by Gasteiger charge is -2.46. The number of aliphatic hydroxyl groups is 7. The Kier molecular flexibility index (Phi) is 14.3. The van der Waals surface area contributed by atoms with E-state index in [0.29, 0.717) is 11.1 Å². The van der Waals surface area contributed by atoms with Gasteiger partial charge in [0.25, 0.3) is 0 Å². The van der Waals surface area contributed by atoms with Crippen LogP contribution in [0, 0.1) is 0 Å². The molecular formula is C36H48O19. The summed E-state index contributed by atoms with van der Waals surface area (Å²) in [5, 5.41) is 94.0. The number of aromatic hydroxyl groups is 2. The van der Waals surface area contributed by atoms with E-state index in [1.807, 2.05) is 0 Å². The van der Waals surface area contributed by atoms with Gasteiger partial charge in [0.1, 0.15) is 48.3 Å². The van der Waals surface area contributed by atoms with Gasteiger partial charge in [-0.05, 0) is 54.8 Å². The number of methoxy groups -OCH3 is 2. The van der Waals surface area contributed by atoms with Crippen molar-refractivity contribution in [3.05, 3.63) is 53.6 Å². The molecule has 0 aromatic heterocycles. The van der Waals surface area contributed by atoms with Crippen LogP contribution in [-0.4, -0.2) is 172 Å². The minimum atomic E-state index is -2.04. The van der Waals surface area contributed by atoms with E-state index in [1.165, 1.54) is 51.5 Å². The molecule has 3 fully saturated rings. The van der Waals surface area contributed by atoms with Gasteiger partial charge in [-0.15, -0.1) is 0 Å². The van der Waals surface area contributed by atoms with E-state index in [-0.39, 0.29) is 36.0 Å². The fourth-order valence-electron chi connectivity index (χ4n) is 6.19. The number of aliphatic hydroxyl groups excluding tert-OH is 6. The first-order valence-electron chi connectivity index (χ1n) is 17.4. The SMILES string of the molecule is COc1ccc(CCO[C@H]2O[C@@H](CO[C@@H]3OC[C@@](O)(CO)[C@H]3O)[C@H](OC(=O)/C=C/c3ccc(O)c(OC)c3)[C@@H](O[C@H]3O[C@H](C)[C@@H](O)[C@H](O)[C@@H]3O)[C@@H]2O)cc1O. The minimum Gasteiger partial charge on any atom is -0.504 e. The smallest absolute Gasteiger partial charge is 0.331 e. The zero-order valence-corrected chi connectivity index (χ0v) is 30.2. The van der Waals surface area contributed by atoms with Gasteiger partial charge in [0, 0.05) is 6.08 Å². The zero-order chi connectivity index (χ0) is 40.0. The molecule has 9 N–H and O–H groups in total. The van der Waals surface area contributed by atoms with E-state index in [4.69, 9.17) is 42.6 Å². The first-order chi connectivity index (χ1) is 26.2. The molecule has 55 heavy (non-hydrogen) atoms. The summed E-state index contributed by atoms with van der Waals surface area (Å²) in [4.78, 5) is 13.4. The van der Waals surface area contributed by atoms with Crippen LogP contribution in [0.2, 0.25) is 0 Å². The molecule has 0 spiro atoms. The summed E-state index contributed by atoms with van der Waals surface area (Å²) < 4.78 is 50.6. The van der Waals surface area contributed by atoms with Crippen molar-refractivity contribution < 1.29 is 93.4 Å². The summed E-state index contributed by atoms with van der Waals surface area (Å²) in [5.74, 6) is -0.850. The summed E-state index contributed by atoms with van der Waals surface area (Å²) >= 11 is 0. The van der Waals surface area contributed by atoms with Gasteiger partial charge in [0.05, 0.1) is 46.8 Å². The largest absolute Gasteiger partial charge is 0.504 e. The van der Waals surface area contributed by atoms with E-state index in [0.717, 1.165) is 6.08 Å². The molecule has 2 aromatic carbocycles. The van der Waals surface area contributed by atoms with Crippen molar-refractivity contribution in [2.75, 3.05) is 40.6 Å². The van der Waals surface area contributed by atoms with Crippen LogP contribution in [0.25, 0.3) is 6.08 Å². The Morgan fingerprint density at radius 3 is 2.27 bits per heavy atom. The Hall–Kier alpha value is -3.67. The molecule has 3 aliphatic heterocycles. The highest BCUT2D eigenvalue weighted by molar-refractivity contribution is 5.87. The number of carbonyl (C=O) groups is 1. The lowest BCUT2D eigenvalue weighted by atomic mass is 9.96. The van der Waals surface area contributed by atoms with Crippen molar-refractivity contribution >= 4 is 12.0 Å². The molecule has 0 bridgehead atoms. The number of ether oxygens (including phenoxy) is 9. The molecule has 2 aromatic rings. The van der Waals surface area contributed by atoms with Gasteiger partial charge < -0.3 is 88.6 Å². The van der Waals surface area contributed by atoms with Gasteiger partial charge in [-0.2, -0.15) is 0 Å². The van der Waals surface area contributed by atoms with Crippen LogP contribution in [0.15, 0.2) is 42.5 Å². The van der Waals surface area contributed by atoms with Gasteiger partial charge >= 0.3 is 5.97 Å². The zero-order valence-electron chi connectivity index (χ0n) is 30.2. The number of hydrogen-bond donors (Lipinski definition) is 9. The van der Waals surface area contributed by atoms with Crippen molar-refractivity contribution in [2.24, 2.45) is 0 Å². The number of esters is 1. The quantitative estimate of drug-likeness (QED) is 0.0701. The van der Waals surface area contributed by atoms with Crippen molar-refractivity contribution in [3.8, 4) is 23.0 Å². The third-order valence-corrected chi connectivity index (χ3v) is 9.50. The van der Waals surface area contributed by atoms with E-state index in [9.17, 15) is 50.8 Å². The number of phenolic OH excluding ortho intramolecular Hbond substituents is 2. The molecule has 0 radical (unpaired) electrons. The van der Waals surface area contributed by atoms with Gasteiger partial charge in [0.2, 0.25) is 0 Å². The molecule has 3 heterocycles. The Labute approximate surface area is 315 Å². The third-order valence-electron chi connectivity index (χ3n) is 9.50. The molecule has 13 atom stereocenters. The number of phenols is 2. The molecule has 306 valence electrons. The van der Waals surface area contributed by atoms with Crippen molar-refractivity contribution in [1.82, 2.24) is 0 Å². The first kappa shape index (κ1) is 42.5. The van der Waals surface area contributed by atoms with Gasteiger partial charge in [-0.3, -0.25) is 0 Å². The maximum absolute atomic E-state index is 13.4. The van der Waals surface area contributed by atoms with Gasteiger partial charge in [0.15, 0.2) is 48.0 Å². The first-order valence-corrected chi connectivity index (χ1v) is 17.4. The van der Waals surface area contributed by atoms with Crippen LogP contribution in [0.3, 0.4) is 0 Å². The van der Waals surface area contributed by atoms with Crippen molar-refractivity contribution in [2.45, 2.75) is 92.8 Å². The highest BCUT2D eigenvalue weighted by Gasteiger charge is 2.54. The van der Waals surface area contributed by atoms with Crippen LogP contribution in [0.4, 0.5) is 0 Å². The van der Waals surface area contributed by atoms with Gasteiger partial charge in [-0.25, -0.2) is 4.79 Å². The second-order valence-corrected chi connectivity index (χ2v) is 13.3. The molecule has 3 saturated heterocycles. The monoisotopic (exact) mass is 784 g/mol. The molecule has 19 nitrogen and oxygen atoms in total. The molecular weight excluding hydrogens is 736 g/mol. The van der Waals surface area contributed by atoms with E-state index >= 15 is 0 Å². The predicted octanol–water partition coefficient (Wildman–Crippen LogP) is -1.94. The van der Waals surface area contributed by atoms with E-state index in [1.54, 1.807) is 12.1 Å².